The lowest BCUT2D eigenvalue weighted by atomic mass is 9.98. The first-order valence-electron chi connectivity index (χ1n) is 8.43. The zero-order valence-electron chi connectivity index (χ0n) is 13.9. The van der Waals surface area contributed by atoms with Crippen molar-refractivity contribution in [2.24, 2.45) is 11.7 Å². The summed E-state index contributed by atoms with van der Waals surface area (Å²) in [5.41, 5.74) is 6.05. The van der Waals surface area contributed by atoms with Crippen LogP contribution in [0.3, 0.4) is 0 Å². The molecule has 1 aliphatic heterocycles. The van der Waals surface area contributed by atoms with Crippen LogP contribution < -0.4 is 16.0 Å². The Morgan fingerprint density at radius 3 is 2.54 bits per heavy atom. The molecule has 2 fully saturated rings. The largest absolute Gasteiger partial charge is 0.356 e. The highest BCUT2D eigenvalue weighted by Gasteiger charge is 2.27. The third-order valence-corrected chi connectivity index (χ3v) is 5.00. The van der Waals surface area contributed by atoms with Gasteiger partial charge in [0.2, 0.25) is 5.91 Å². The van der Waals surface area contributed by atoms with E-state index in [-0.39, 0.29) is 36.8 Å². The molecule has 1 aromatic heterocycles. The Morgan fingerprint density at radius 1 is 1.21 bits per heavy atom. The topological polar surface area (TPSA) is 71.2 Å². The fourth-order valence-corrected chi connectivity index (χ4v) is 3.64. The monoisotopic (exact) mass is 374 g/mol. The van der Waals surface area contributed by atoms with Gasteiger partial charge < -0.3 is 16.0 Å². The smallest absolute Gasteiger partial charge is 0.220 e. The third kappa shape index (κ3) is 5.50. The van der Waals surface area contributed by atoms with Crippen molar-refractivity contribution in [2.75, 3.05) is 18.0 Å². The first-order valence-corrected chi connectivity index (χ1v) is 8.43. The molecule has 0 aromatic carbocycles. The zero-order chi connectivity index (χ0) is 15.4. The maximum absolute atomic E-state index is 12.2. The molecule has 2 atom stereocenters. The van der Waals surface area contributed by atoms with Crippen molar-refractivity contribution < 1.29 is 4.79 Å². The second-order valence-electron chi connectivity index (χ2n) is 6.58. The molecule has 7 heteroatoms. The number of aromatic nitrogens is 1. The SMILES string of the molecule is Cl.Cl.N[C@@H]1CCC[C@H]1CC(=O)NC1CCN(c2ccccn2)CC1. The van der Waals surface area contributed by atoms with E-state index in [0.717, 1.165) is 44.6 Å². The summed E-state index contributed by atoms with van der Waals surface area (Å²) in [5, 5.41) is 3.20. The Labute approximate surface area is 156 Å². The van der Waals surface area contributed by atoms with Crippen molar-refractivity contribution >= 4 is 36.5 Å². The number of nitrogens with zero attached hydrogens (tertiary/aromatic N) is 2. The second kappa shape index (κ2) is 10.1. The Hall–Kier alpha value is -1.04. The predicted octanol–water partition coefficient (Wildman–Crippen LogP) is 2.53. The van der Waals surface area contributed by atoms with E-state index in [2.05, 4.69) is 15.2 Å². The number of nitrogens with two attached hydrogens (primary N) is 1. The molecule has 1 saturated heterocycles. The Kier molecular flexibility index (Phi) is 8.81. The van der Waals surface area contributed by atoms with Gasteiger partial charge in [-0.25, -0.2) is 4.98 Å². The van der Waals surface area contributed by atoms with E-state index >= 15 is 0 Å². The molecule has 2 aliphatic rings. The highest BCUT2D eigenvalue weighted by atomic mass is 35.5. The van der Waals surface area contributed by atoms with E-state index in [0.29, 0.717) is 18.4 Å². The van der Waals surface area contributed by atoms with Gasteiger partial charge in [0.1, 0.15) is 5.82 Å². The number of pyridine rings is 1. The number of carbonyl (C=O) groups excluding carboxylic acids is 1. The third-order valence-electron chi connectivity index (χ3n) is 5.00. The summed E-state index contributed by atoms with van der Waals surface area (Å²) in [7, 11) is 0. The second-order valence-corrected chi connectivity index (χ2v) is 6.58. The molecule has 1 aliphatic carbocycles. The van der Waals surface area contributed by atoms with Crippen molar-refractivity contribution in [3.8, 4) is 0 Å². The van der Waals surface area contributed by atoms with Crippen LogP contribution in [0.2, 0.25) is 0 Å². The first-order chi connectivity index (χ1) is 10.7. The van der Waals surface area contributed by atoms with Crippen molar-refractivity contribution in [3.63, 3.8) is 0 Å². The van der Waals surface area contributed by atoms with Crippen LogP contribution in [-0.4, -0.2) is 36.1 Å². The van der Waals surface area contributed by atoms with Crippen LogP contribution >= 0.6 is 24.8 Å². The average molecular weight is 375 g/mol. The lowest BCUT2D eigenvalue weighted by Crippen LogP contribution is -2.45. The number of piperidine rings is 1. The van der Waals surface area contributed by atoms with Crippen LogP contribution in [0.15, 0.2) is 24.4 Å². The number of halogens is 2. The van der Waals surface area contributed by atoms with E-state index < -0.39 is 0 Å². The molecular formula is C17H28Cl2N4O. The summed E-state index contributed by atoms with van der Waals surface area (Å²) >= 11 is 0. The molecule has 1 saturated carbocycles. The number of carbonyl (C=O) groups is 1. The maximum atomic E-state index is 12.2. The summed E-state index contributed by atoms with van der Waals surface area (Å²) in [4.78, 5) is 18.8. The highest BCUT2D eigenvalue weighted by molar-refractivity contribution is 5.85. The summed E-state index contributed by atoms with van der Waals surface area (Å²) < 4.78 is 0. The van der Waals surface area contributed by atoms with Gasteiger partial charge in [-0.15, -0.1) is 24.8 Å². The van der Waals surface area contributed by atoms with E-state index in [9.17, 15) is 4.79 Å². The normalized spacial score (nSPS) is 24.0. The lowest BCUT2D eigenvalue weighted by molar-refractivity contribution is -0.122. The minimum atomic E-state index is 0. The Balaban J connectivity index is 0.00000144. The van der Waals surface area contributed by atoms with Crippen molar-refractivity contribution in [1.29, 1.82) is 0 Å². The van der Waals surface area contributed by atoms with E-state index in [1.165, 1.54) is 6.42 Å². The van der Waals surface area contributed by atoms with Gasteiger partial charge in [-0.05, 0) is 43.7 Å². The molecule has 1 aromatic rings. The fraction of sp³-hybridized carbons (Fsp3) is 0.647. The van der Waals surface area contributed by atoms with Gasteiger partial charge in [-0.1, -0.05) is 12.5 Å². The number of amides is 1. The average Bonchev–Trinajstić information content (AvgIpc) is 2.94. The van der Waals surface area contributed by atoms with Crippen molar-refractivity contribution in [2.45, 2.75) is 50.6 Å². The quantitative estimate of drug-likeness (QED) is 0.849. The van der Waals surface area contributed by atoms with E-state index in [4.69, 9.17) is 5.73 Å². The van der Waals surface area contributed by atoms with E-state index in [1.54, 1.807) is 0 Å². The van der Waals surface area contributed by atoms with Crippen LogP contribution in [0.5, 0.6) is 0 Å². The van der Waals surface area contributed by atoms with Gasteiger partial charge in [-0.2, -0.15) is 0 Å². The summed E-state index contributed by atoms with van der Waals surface area (Å²) in [5.74, 6) is 1.59. The minimum absolute atomic E-state index is 0. The summed E-state index contributed by atoms with van der Waals surface area (Å²) in [6.45, 7) is 1.90. The highest BCUT2D eigenvalue weighted by Crippen LogP contribution is 2.27. The first kappa shape index (κ1) is 21.0. The Morgan fingerprint density at radius 2 is 1.96 bits per heavy atom. The molecular weight excluding hydrogens is 347 g/mol. The number of hydrogen-bond acceptors (Lipinski definition) is 4. The summed E-state index contributed by atoms with van der Waals surface area (Å²) in [6.07, 6.45) is 7.74. The molecule has 1 amide bonds. The van der Waals surface area contributed by atoms with Crippen molar-refractivity contribution in [3.05, 3.63) is 24.4 Å². The molecule has 0 bridgehead atoms. The standard InChI is InChI=1S/C17H26N4O.2ClH/c18-15-5-3-4-13(15)12-17(22)20-14-7-10-21(11-8-14)16-6-1-2-9-19-16;;/h1-2,6,9,13-15H,3-5,7-8,10-12,18H2,(H,20,22);2*1H/t13-,15+;;/m0../s1. The molecule has 24 heavy (non-hydrogen) atoms. The number of rotatable bonds is 4. The fourth-order valence-electron chi connectivity index (χ4n) is 3.64. The van der Waals surface area contributed by atoms with Gasteiger partial charge in [0, 0.05) is 37.8 Å². The number of anilines is 1. The molecule has 3 N–H and O–H groups in total. The Bertz CT molecular complexity index is 495. The molecule has 0 radical (unpaired) electrons. The predicted molar refractivity (Wildman–Crippen MR) is 102 cm³/mol. The molecule has 3 rings (SSSR count). The van der Waals surface area contributed by atoms with Gasteiger partial charge in [0.05, 0.1) is 0 Å². The maximum Gasteiger partial charge on any atom is 0.220 e. The summed E-state index contributed by atoms with van der Waals surface area (Å²) in [6, 6.07) is 6.51. The number of nitrogens with one attached hydrogen (secondary N) is 1. The van der Waals surface area contributed by atoms with Crippen LogP contribution in [0.1, 0.15) is 38.5 Å². The minimum Gasteiger partial charge on any atom is -0.356 e. The van der Waals surface area contributed by atoms with Crippen LogP contribution in [0.4, 0.5) is 5.82 Å². The molecule has 136 valence electrons. The van der Waals surface area contributed by atoms with Gasteiger partial charge in [-0.3, -0.25) is 4.79 Å². The van der Waals surface area contributed by atoms with Crippen LogP contribution in [0, 0.1) is 5.92 Å². The van der Waals surface area contributed by atoms with Crippen LogP contribution in [-0.2, 0) is 4.79 Å². The van der Waals surface area contributed by atoms with Gasteiger partial charge in [0.25, 0.3) is 0 Å². The molecule has 0 spiro atoms. The zero-order valence-corrected chi connectivity index (χ0v) is 15.5. The van der Waals surface area contributed by atoms with Crippen LogP contribution in [0.25, 0.3) is 0 Å². The molecule has 0 unspecified atom stereocenters. The number of hydrogen-bond donors (Lipinski definition) is 2. The molecule has 5 nitrogen and oxygen atoms in total. The van der Waals surface area contributed by atoms with Gasteiger partial charge in [0.15, 0.2) is 0 Å². The van der Waals surface area contributed by atoms with Gasteiger partial charge >= 0.3 is 0 Å². The van der Waals surface area contributed by atoms with Crippen molar-refractivity contribution in [1.82, 2.24) is 10.3 Å². The molecule has 2 heterocycles. The van der Waals surface area contributed by atoms with E-state index in [1.807, 2.05) is 24.4 Å². The lowest BCUT2D eigenvalue weighted by Gasteiger charge is -2.33.